The van der Waals surface area contributed by atoms with Gasteiger partial charge in [-0.25, -0.2) is 14.8 Å². The van der Waals surface area contributed by atoms with Crippen molar-refractivity contribution in [2.75, 3.05) is 49.5 Å². The van der Waals surface area contributed by atoms with Crippen LogP contribution in [-0.4, -0.2) is 71.0 Å². The Hall–Kier alpha value is -4.19. The van der Waals surface area contributed by atoms with Crippen LogP contribution in [0.15, 0.2) is 60.9 Å². The molecule has 0 aliphatic carbocycles. The average molecular weight is 583 g/mol. The molecule has 0 bridgehead atoms. The molecule has 1 N–H and O–H groups in total. The number of amides is 2. The third kappa shape index (κ3) is 7.55. The number of carbonyl (C=O) groups is 2. The lowest BCUT2D eigenvalue weighted by molar-refractivity contribution is -0.137. The fourth-order valence-corrected chi connectivity index (χ4v) is 5.18. The lowest BCUT2D eigenvalue weighted by Crippen LogP contribution is -2.49. The molecule has 2 amide bonds. The van der Waals surface area contributed by atoms with Gasteiger partial charge in [0.25, 0.3) is 5.91 Å². The van der Waals surface area contributed by atoms with Crippen molar-refractivity contribution < 1.29 is 27.5 Å². The SMILES string of the molecule is CC1CCCN(Cc2ccc(C(=O)Nc3ccc(OC(=O)N4CCN(c5ccc(C(F)(F)F)cn5)CC4)nc3)cc2)C1. The summed E-state index contributed by atoms with van der Waals surface area (Å²) in [4.78, 5) is 39.1. The van der Waals surface area contributed by atoms with Crippen molar-refractivity contribution in [3.05, 3.63) is 77.6 Å². The maximum atomic E-state index is 12.8. The Labute approximate surface area is 242 Å². The number of hydrogen-bond acceptors (Lipinski definition) is 7. The Morgan fingerprint density at radius 3 is 2.33 bits per heavy atom. The van der Waals surface area contributed by atoms with E-state index in [4.69, 9.17) is 4.74 Å². The number of nitrogens with zero attached hydrogens (tertiary/aromatic N) is 5. The van der Waals surface area contributed by atoms with Crippen LogP contribution in [0.4, 0.5) is 29.5 Å². The summed E-state index contributed by atoms with van der Waals surface area (Å²) in [6, 6.07) is 13.0. The minimum Gasteiger partial charge on any atom is -0.391 e. The number of halogens is 3. The Morgan fingerprint density at radius 1 is 0.952 bits per heavy atom. The molecule has 0 spiro atoms. The van der Waals surface area contributed by atoms with Crippen LogP contribution in [0.3, 0.4) is 0 Å². The van der Waals surface area contributed by atoms with Gasteiger partial charge in [0.05, 0.1) is 17.4 Å². The van der Waals surface area contributed by atoms with Crippen molar-refractivity contribution in [1.82, 2.24) is 19.8 Å². The van der Waals surface area contributed by atoms with E-state index in [2.05, 4.69) is 27.1 Å². The van der Waals surface area contributed by atoms with E-state index in [-0.39, 0.29) is 11.8 Å². The topological polar surface area (TPSA) is 90.9 Å². The van der Waals surface area contributed by atoms with Gasteiger partial charge in [-0.1, -0.05) is 19.1 Å². The predicted molar refractivity (Wildman–Crippen MR) is 151 cm³/mol. The zero-order valence-electron chi connectivity index (χ0n) is 23.3. The number of ether oxygens (including phenoxy) is 1. The highest BCUT2D eigenvalue weighted by Gasteiger charge is 2.31. The molecular weight excluding hydrogens is 549 g/mol. The van der Waals surface area contributed by atoms with Gasteiger partial charge < -0.3 is 19.9 Å². The molecule has 2 aliphatic rings. The van der Waals surface area contributed by atoms with Gasteiger partial charge in [-0.15, -0.1) is 0 Å². The lowest BCUT2D eigenvalue weighted by Gasteiger charge is -2.34. The van der Waals surface area contributed by atoms with Gasteiger partial charge in [0.15, 0.2) is 0 Å². The molecule has 4 heterocycles. The number of likely N-dealkylation sites (tertiary alicyclic amines) is 1. The molecule has 0 saturated carbocycles. The quantitative estimate of drug-likeness (QED) is 0.422. The number of benzene rings is 1. The first kappa shape index (κ1) is 29.3. The maximum absolute atomic E-state index is 12.8. The van der Waals surface area contributed by atoms with E-state index in [1.165, 1.54) is 41.6 Å². The molecule has 12 heteroatoms. The van der Waals surface area contributed by atoms with Gasteiger partial charge in [0.2, 0.25) is 5.88 Å². The second-order valence-electron chi connectivity index (χ2n) is 10.8. The molecule has 222 valence electrons. The summed E-state index contributed by atoms with van der Waals surface area (Å²) in [7, 11) is 0. The maximum Gasteiger partial charge on any atom is 0.417 e. The van der Waals surface area contributed by atoms with Crippen LogP contribution in [0.1, 0.15) is 41.3 Å². The van der Waals surface area contributed by atoms with Crippen LogP contribution in [0.2, 0.25) is 0 Å². The first-order valence-electron chi connectivity index (χ1n) is 14.0. The zero-order valence-corrected chi connectivity index (χ0v) is 23.3. The monoisotopic (exact) mass is 582 g/mol. The lowest BCUT2D eigenvalue weighted by atomic mass is 9.99. The van der Waals surface area contributed by atoms with Crippen molar-refractivity contribution in [2.45, 2.75) is 32.5 Å². The molecule has 1 atom stereocenters. The van der Waals surface area contributed by atoms with Crippen LogP contribution in [0.25, 0.3) is 0 Å². The van der Waals surface area contributed by atoms with E-state index >= 15 is 0 Å². The summed E-state index contributed by atoms with van der Waals surface area (Å²) in [5.41, 5.74) is 1.36. The molecule has 0 radical (unpaired) electrons. The molecule has 1 unspecified atom stereocenters. The fourth-order valence-electron chi connectivity index (χ4n) is 5.18. The minimum atomic E-state index is -4.44. The molecular formula is C30H33F3N6O3. The second kappa shape index (κ2) is 12.8. The molecule has 2 fully saturated rings. The van der Waals surface area contributed by atoms with E-state index in [1.807, 2.05) is 29.2 Å². The predicted octanol–water partition coefficient (Wildman–Crippen LogP) is 5.30. The summed E-state index contributed by atoms with van der Waals surface area (Å²) in [5.74, 6) is 0.948. The first-order valence-corrected chi connectivity index (χ1v) is 14.0. The van der Waals surface area contributed by atoms with Crippen molar-refractivity contribution in [2.24, 2.45) is 5.92 Å². The van der Waals surface area contributed by atoms with Gasteiger partial charge in [0.1, 0.15) is 5.82 Å². The summed E-state index contributed by atoms with van der Waals surface area (Å²) in [6.45, 7) is 6.77. The van der Waals surface area contributed by atoms with Crippen molar-refractivity contribution in [1.29, 1.82) is 0 Å². The standard InChI is InChI=1S/C30H33F3N6O3/c1-21-3-2-12-37(19-21)20-22-4-6-23(7-5-22)28(40)36-25-9-11-27(35-18-25)42-29(41)39-15-13-38(14-16-39)26-10-8-24(17-34-26)30(31,32)33/h4-11,17-18,21H,2-3,12-16,19-20H2,1H3,(H,36,40). The Kier molecular flexibility index (Phi) is 8.91. The molecule has 2 aliphatic heterocycles. The molecule has 5 rings (SSSR count). The molecule has 1 aromatic carbocycles. The van der Waals surface area contributed by atoms with Crippen LogP contribution < -0.4 is 15.0 Å². The molecule has 3 aromatic rings. The Morgan fingerprint density at radius 2 is 1.71 bits per heavy atom. The third-order valence-electron chi connectivity index (χ3n) is 7.49. The average Bonchev–Trinajstić information content (AvgIpc) is 2.98. The van der Waals surface area contributed by atoms with Gasteiger partial charge in [-0.05, 0) is 61.2 Å². The number of piperidine rings is 1. The minimum absolute atomic E-state index is 0.0845. The van der Waals surface area contributed by atoms with Gasteiger partial charge in [0, 0.05) is 57.1 Å². The number of hydrogen-bond donors (Lipinski definition) is 1. The van der Waals surface area contributed by atoms with Crippen LogP contribution >= 0.6 is 0 Å². The second-order valence-corrected chi connectivity index (χ2v) is 10.8. The number of alkyl halides is 3. The number of rotatable bonds is 6. The highest BCUT2D eigenvalue weighted by Crippen LogP contribution is 2.29. The molecule has 9 nitrogen and oxygen atoms in total. The van der Waals surface area contributed by atoms with Crippen molar-refractivity contribution in [3.8, 4) is 5.88 Å². The first-order chi connectivity index (χ1) is 20.1. The van der Waals surface area contributed by atoms with Crippen molar-refractivity contribution in [3.63, 3.8) is 0 Å². The highest BCUT2D eigenvalue weighted by molar-refractivity contribution is 6.04. The number of carbonyl (C=O) groups excluding carboxylic acids is 2. The summed E-state index contributed by atoms with van der Waals surface area (Å²) >= 11 is 0. The summed E-state index contributed by atoms with van der Waals surface area (Å²) < 4.78 is 43.7. The van der Waals surface area contributed by atoms with Gasteiger partial charge in [-0.3, -0.25) is 9.69 Å². The van der Waals surface area contributed by atoms with Crippen LogP contribution in [0, 0.1) is 5.92 Å². The highest BCUT2D eigenvalue weighted by atomic mass is 19.4. The van der Waals surface area contributed by atoms with E-state index in [0.717, 1.165) is 31.9 Å². The van der Waals surface area contributed by atoms with E-state index in [1.54, 1.807) is 6.07 Å². The number of pyridine rings is 2. The van der Waals surface area contributed by atoms with Gasteiger partial charge in [-0.2, -0.15) is 13.2 Å². The Bertz CT molecular complexity index is 1360. The van der Waals surface area contributed by atoms with E-state index in [9.17, 15) is 22.8 Å². The number of nitrogens with one attached hydrogen (secondary N) is 1. The molecule has 2 saturated heterocycles. The summed E-state index contributed by atoms with van der Waals surface area (Å²) in [6.07, 6.45) is -0.304. The third-order valence-corrected chi connectivity index (χ3v) is 7.49. The van der Waals surface area contributed by atoms with E-state index < -0.39 is 17.8 Å². The Balaban J connectivity index is 1.07. The zero-order chi connectivity index (χ0) is 29.7. The fraction of sp³-hybridized carbons (Fsp3) is 0.400. The number of piperazine rings is 1. The van der Waals surface area contributed by atoms with E-state index in [0.29, 0.717) is 49.2 Å². The smallest absolute Gasteiger partial charge is 0.391 e. The largest absolute Gasteiger partial charge is 0.417 e. The van der Waals surface area contributed by atoms with Crippen LogP contribution in [-0.2, 0) is 12.7 Å². The number of aromatic nitrogens is 2. The van der Waals surface area contributed by atoms with Crippen LogP contribution in [0.5, 0.6) is 5.88 Å². The normalized spacial score (nSPS) is 18.0. The molecule has 2 aromatic heterocycles. The summed E-state index contributed by atoms with van der Waals surface area (Å²) in [5, 5.41) is 2.80. The number of anilines is 2. The molecule has 42 heavy (non-hydrogen) atoms. The van der Waals surface area contributed by atoms with Crippen molar-refractivity contribution >= 4 is 23.5 Å². The van der Waals surface area contributed by atoms with Gasteiger partial charge >= 0.3 is 12.3 Å².